The number of hydrogen-bond donors (Lipinski definition) is 1. The maximum atomic E-state index is 13.3. The lowest BCUT2D eigenvalue weighted by atomic mass is 10.2. The number of hydrogen-bond acceptors (Lipinski definition) is 4. The smallest absolute Gasteiger partial charge is 0.267 e. The quantitative estimate of drug-likeness (QED) is 0.680. The van der Waals surface area contributed by atoms with Crippen LogP contribution >= 0.6 is 11.3 Å². The number of rotatable bonds is 5. The van der Waals surface area contributed by atoms with Crippen LogP contribution in [0.15, 0.2) is 42.5 Å². The summed E-state index contributed by atoms with van der Waals surface area (Å²) in [6.45, 7) is 4.21. The molecule has 26 heavy (non-hydrogen) atoms. The first kappa shape index (κ1) is 18.0. The van der Waals surface area contributed by atoms with Crippen molar-refractivity contribution in [1.29, 1.82) is 0 Å². The zero-order valence-corrected chi connectivity index (χ0v) is 15.0. The van der Waals surface area contributed by atoms with Gasteiger partial charge in [0, 0.05) is 17.3 Å². The van der Waals surface area contributed by atoms with E-state index in [9.17, 15) is 13.6 Å². The molecule has 0 atom stereocenters. The zero-order valence-electron chi connectivity index (χ0n) is 14.2. The molecule has 1 aromatic heterocycles. The number of nitrogens with zero attached hydrogens (tertiary/aromatic N) is 1. The lowest BCUT2D eigenvalue weighted by molar-refractivity contribution is 0.103. The lowest BCUT2D eigenvalue weighted by Gasteiger charge is -2.04. The Kier molecular flexibility index (Phi) is 5.27. The van der Waals surface area contributed by atoms with Gasteiger partial charge in [-0.2, -0.15) is 0 Å². The van der Waals surface area contributed by atoms with Gasteiger partial charge in [-0.3, -0.25) is 4.79 Å². The SMILES string of the molecule is CCOc1ccc(-c2nc(C)c(C(=O)Nc3cc(F)cc(F)c3)s2)cc1. The van der Waals surface area contributed by atoms with Crippen molar-refractivity contribution in [3.05, 3.63) is 64.7 Å². The minimum absolute atomic E-state index is 0.0583. The van der Waals surface area contributed by atoms with Gasteiger partial charge in [0.25, 0.3) is 5.91 Å². The number of benzene rings is 2. The molecule has 2 aromatic carbocycles. The van der Waals surface area contributed by atoms with Crippen LogP contribution in [0, 0.1) is 18.6 Å². The molecule has 0 radical (unpaired) electrons. The Morgan fingerprint density at radius 2 is 1.81 bits per heavy atom. The largest absolute Gasteiger partial charge is 0.494 e. The fourth-order valence-corrected chi connectivity index (χ4v) is 3.37. The maximum Gasteiger partial charge on any atom is 0.267 e. The van der Waals surface area contributed by atoms with Crippen molar-refractivity contribution in [2.24, 2.45) is 0 Å². The van der Waals surface area contributed by atoms with Crippen LogP contribution in [0.25, 0.3) is 10.6 Å². The van der Waals surface area contributed by atoms with Crippen LogP contribution in [0.4, 0.5) is 14.5 Å². The monoisotopic (exact) mass is 374 g/mol. The van der Waals surface area contributed by atoms with E-state index in [0.717, 1.165) is 29.5 Å². The highest BCUT2D eigenvalue weighted by Gasteiger charge is 2.17. The minimum Gasteiger partial charge on any atom is -0.494 e. The summed E-state index contributed by atoms with van der Waals surface area (Å²) in [5.74, 6) is -1.20. The van der Waals surface area contributed by atoms with E-state index in [2.05, 4.69) is 10.3 Å². The van der Waals surface area contributed by atoms with Gasteiger partial charge in [0.05, 0.1) is 12.3 Å². The Morgan fingerprint density at radius 1 is 1.15 bits per heavy atom. The van der Waals surface area contributed by atoms with Crippen LogP contribution in [0.5, 0.6) is 5.75 Å². The molecular weight excluding hydrogens is 358 g/mol. The number of anilines is 1. The molecule has 134 valence electrons. The molecule has 0 saturated carbocycles. The van der Waals surface area contributed by atoms with Crippen molar-refractivity contribution < 1.29 is 18.3 Å². The molecule has 0 bridgehead atoms. The molecule has 0 aliphatic carbocycles. The molecule has 0 fully saturated rings. The third-order valence-corrected chi connectivity index (χ3v) is 4.74. The molecule has 3 aromatic rings. The standard InChI is InChI=1S/C19H16F2N2O2S/c1-3-25-16-6-4-12(5-7-16)19-22-11(2)17(26-19)18(24)23-15-9-13(20)8-14(21)10-15/h4-10H,3H2,1-2H3,(H,23,24). The van der Waals surface area contributed by atoms with E-state index >= 15 is 0 Å². The van der Waals surface area contributed by atoms with Crippen LogP contribution in [0.1, 0.15) is 22.3 Å². The van der Waals surface area contributed by atoms with E-state index in [4.69, 9.17) is 4.74 Å². The topological polar surface area (TPSA) is 51.2 Å². The fraction of sp³-hybridized carbons (Fsp3) is 0.158. The summed E-state index contributed by atoms with van der Waals surface area (Å²) in [5.41, 5.74) is 1.47. The molecule has 0 spiro atoms. The van der Waals surface area contributed by atoms with Crippen LogP contribution < -0.4 is 10.1 Å². The Bertz CT molecular complexity index is 919. The number of carbonyl (C=O) groups is 1. The predicted molar refractivity (Wildman–Crippen MR) is 97.8 cm³/mol. The third-order valence-electron chi connectivity index (χ3n) is 3.54. The number of halogens is 2. The van der Waals surface area contributed by atoms with Crippen molar-refractivity contribution in [3.63, 3.8) is 0 Å². The summed E-state index contributed by atoms with van der Waals surface area (Å²) >= 11 is 1.22. The highest BCUT2D eigenvalue weighted by Crippen LogP contribution is 2.30. The number of carbonyl (C=O) groups excluding carboxylic acids is 1. The molecule has 0 aliphatic heterocycles. The van der Waals surface area contributed by atoms with Crippen molar-refractivity contribution in [2.75, 3.05) is 11.9 Å². The van der Waals surface area contributed by atoms with Crippen LogP contribution in [-0.2, 0) is 0 Å². The van der Waals surface area contributed by atoms with Gasteiger partial charge in [-0.25, -0.2) is 13.8 Å². The summed E-state index contributed by atoms with van der Waals surface area (Å²) in [7, 11) is 0. The minimum atomic E-state index is -0.753. The van der Waals surface area contributed by atoms with Crippen molar-refractivity contribution in [2.45, 2.75) is 13.8 Å². The van der Waals surface area contributed by atoms with E-state index in [0.29, 0.717) is 22.2 Å². The van der Waals surface area contributed by atoms with E-state index in [1.165, 1.54) is 11.3 Å². The van der Waals surface area contributed by atoms with Gasteiger partial charge in [-0.15, -0.1) is 11.3 Å². The van der Waals surface area contributed by atoms with Gasteiger partial charge in [0.15, 0.2) is 0 Å². The van der Waals surface area contributed by atoms with Gasteiger partial charge in [0.2, 0.25) is 0 Å². The maximum absolute atomic E-state index is 13.3. The predicted octanol–water partition coefficient (Wildman–Crippen LogP) is 5.05. The second-order valence-corrected chi connectivity index (χ2v) is 6.50. The number of nitrogens with one attached hydrogen (secondary N) is 1. The highest BCUT2D eigenvalue weighted by molar-refractivity contribution is 7.17. The van der Waals surface area contributed by atoms with Gasteiger partial charge in [-0.05, 0) is 50.2 Å². The number of aryl methyl sites for hydroxylation is 1. The molecule has 3 rings (SSSR count). The van der Waals surface area contributed by atoms with Crippen LogP contribution in [-0.4, -0.2) is 17.5 Å². The van der Waals surface area contributed by atoms with Gasteiger partial charge in [-0.1, -0.05) is 0 Å². The summed E-state index contributed by atoms with van der Waals surface area (Å²) in [5, 5.41) is 3.18. The summed E-state index contributed by atoms with van der Waals surface area (Å²) < 4.78 is 31.9. The second-order valence-electron chi connectivity index (χ2n) is 5.50. The summed E-state index contributed by atoms with van der Waals surface area (Å²) in [6, 6.07) is 10.3. The van der Waals surface area contributed by atoms with E-state index in [1.54, 1.807) is 6.92 Å². The molecule has 1 N–H and O–H groups in total. The molecule has 1 heterocycles. The highest BCUT2D eigenvalue weighted by atomic mass is 32.1. The van der Waals surface area contributed by atoms with E-state index in [-0.39, 0.29) is 5.69 Å². The number of aromatic nitrogens is 1. The second kappa shape index (κ2) is 7.61. The summed E-state index contributed by atoms with van der Waals surface area (Å²) in [6.07, 6.45) is 0. The van der Waals surface area contributed by atoms with Crippen LogP contribution in [0.2, 0.25) is 0 Å². The summed E-state index contributed by atoms with van der Waals surface area (Å²) in [4.78, 5) is 17.2. The average Bonchev–Trinajstić information content (AvgIpc) is 2.97. The van der Waals surface area contributed by atoms with E-state index < -0.39 is 17.5 Å². The van der Waals surface area contributed by atoms with Gasteiger partial charge in [0.1, 0.15) is 27.3 Å². The normalized spacial score (nSPS) is 10.6. The van der Waals surface area contributed by atoms with Crippen molar-refractivity contribution in [3.8, 4) is 16.3 Å². The first-order chi connectivity index (χ1) is 12.5. The number of amides is 1. The van der Waals surface area contributed by atoms with E-state index in [1.807, 2.05) is 31.2 Å². The molecule has 0 aliphatic rings. The zero-order chi connectivity index (χ0) is 18.7. The molecule has 0 saturated heterocycles. The molecular formula is C19H16F2N2O2S. The van der Waals surface area contributed by atoms with Crippen molar-refractivity contribution >= 4 is 22.9 Å². The Morgan fingerprint density at radius 3 is 2.42 bits per heavy atom. The fourth-order valence-electron chi connectivity index (χ4n) is 2.40. The molecule has 4 nitrogen and oxygen atoms in total. The molecule has 1 amide bonds. The first-order valence-corrected chi connectivity index (χ1v) is 8.76. The Hall–Kier alpha value is -2.80. The Balaban J connectivity index is 1.81. The van der Waals surface area contributed by atoms with Crippen molar-refractivity contribution in [1.82, 2.24) is 4.98 Å². The third kappa shape index (κ3) is 4.05. The van der Waals surface area contributed by atoms with Crippen LogP contribution in [0.3, 0.4) is 0 Å². The molecule has 0 unspecified atom stereocenters. The average molecular weight is 374 g/mol. The first-order valence-electron chi connectivity index (χ1n) is 7.94. The van der Waals surface area contributed by atoms with Gasteiger partial charge >= 0.3 is 0 Å². The molecule has 7 heteroatoms. The Labute approximate surface area is 153 Å². The number of thiazole rings is 1. The number of ether oxygens (including phenoxy) is 1. The lowest BCUT2D eigenvalue weighted by Crippen LogP contribution is -2.11. The van der Waals surface area contributed by atoms with Gasteiger partial charge < -0.3 is 10.1 Å².